The van der Waals surface area contributed by atoms with E-state index in [0.717, 1.165) is 16.6 Å². The van der Waals surface area contributed by atoms with Crippen molar-refractivity contribution in [2.75, 3.05) is 6.61 Å². The number of aryl methyl sites for hydroxylation is 1. The Labute approximate surface area is 105 Å². The van der Waals surface area contributed by atoms with Gasteiger partial charge in [0.15, 0.2) is 0 Å². The van der Waals surface area contributed by atoms with Gasteiger partial charge in [-0.2, -0.15) is 0 Å². The van der Waals surface area contributed by atoms with Crippen LogP contribution in [0.2, 0.25) is 0 Å². The average molecular weight is 247 g/mol. The summed E-state index contributed by atoms with van der Waals surface area (Å²) >= 11 is 0. The van der Waals surface area contributed by atoms with E-state index in [-0.39, 0.29) is 6.61 Å². The molecule has 1 aromatic heterocycles. The largest absolute Gasteiger partial charge is 0.459 e. The maximum atomic E-state index is 12.7. The number of hydrogen-bond acceptors (Lipinski definition) is 3. The maximum Gasteiger partial charge on any atom is 0.338 e. The highest BCUT2D eigenvalue weighted by Gasteiger charge is 2.14. The zero-order chi connectivity index (χ0) is 13.1. The van der Waals surface area contributed by atoms with E-state index in [2.05, 4.69) is 4.98 Å². The molecule has 0 amide bonds. The van der Waals surface area contributed by atoms with Gasteiger partial charge in [0.2, 0.25) is 0 Å². The molecule has 0 radical (unpaired) electrons. The Hall–Kier alpha value is -1.97. The maximum absolute atomic E-state index is 12.7. The van der Waals surface area contributed by atoms with Crippen molar-refractivity contribution >= 4 is 16.9 Å². The standard InChI is InChI=1S/C14H14FNO2/c1-9(15)8-18-14(17)12-7-10(2)16-13-6-4-3-5-11(12)13/h3-7,9H,8H2,1-2H3. The number of carbonyl (C=O) groups excluding carboxylic acids is 1. The van der Waals surface area contributed by atoms with Crippen LogP contribution in [-0.2, 0) is 4.74 Å². The third-order valence-electron chi connectivity index (χ3n) is 2.51. The van der Waals surface area contributed by atoms with E-state index < -0.39 is 12.1 Å². The average Bonchev–Trinajstić information content (AvgIpc) is 2.34. The normalized spacial score (nSPS) is 12.4. The highest BCUT2D eigenvalue weighted by molar-refractivity contribution is 6.03. The van der Waals surface area contributed by atoms with Crippen molar-refractivity contribution in [2.24, 2.45) is 0 Å². The zero-order valence-corrected chi connectivity index (χ0v) is 10.3. The molecule has 18 heavy (non-hydrogen) atoms. The molecule has 0 aliphatic rings. The topological polar surface area (TPSA) is 39.2 Å². The quantitative estimate of drug-likeness (QED) is 0.782. The van der Waals surface area contributed by atoms with Crippen LogP contribution in [0.15, 0.2) is 30.3 Å². The van der Waals surface area contributed by atoms with Gasteiger partial charge in [0.05, 0.1) is 11.1 Å². The number of fused-ring (bicyclic) bond motifs is 1. The summed E-state index contributed by atoms with van der Waals surface area (Å²) in [5.74, 6) is -0.513. The van der Waals surface area contributed by atoms with Crippen LogP contribution in [-0.4, -0.2) is 23.7 Å². The number of ether oxygens (including phenoxy) is 1. The smallest absolute Gasteiger partial charge is 0.338 e. The molecule has 0 aliphatic carbocycles. The van der Waals surface area contributed by atoms with Crippen molar-refractivity contribution in [2.45, 2.75) is 20.0 Å². The van der Waals surface area contributed by atoms with E-state index in [0.29, 0.717) is 5.56 Å². The number of alkyl halides is 1. The molecule has 4 heteroatoms. The third-order valence-corrected chi connectivity index (χ3v) is 2.51. The molecular formula is C14H14FNO2. The van der Waals surface area contributed by atoms with Crippen LogP contribution >= 0.6 is 0 Å². The fourth-order valence-electron chi connectivity index (χ4n) is 1.74. The number of benzene rings is 1. The SMILES string of the molecule is Cc1cc(C(=O)OCC(C)F)c2ccccc2n1. The van der Waals surface area contributed by atoms with Crippen LogP contribution in [0, 0.1) is 6.92 Å². The summed E-state index contributed by atoms with van der Waals surface area (Å²) in [6, 6.07) is 8.98. The Kier molecular flexibility index (Phi) is 3.55. The lowest BCUT2D eigenvalue weighted by Gasteiger charge is -2.08. The summed E-state index contributed by atoms with van der Waals surface area (Å²) in [5.41, 5.74) is 1.89. The van der Waals surface area contributed by atoms with Crippen LogP contribution in [0.5, 0.6) is 0 Å². The summed E-state index contributed by atoms with van der Waals surface area (Å²) < 4.78 is 17.6. The van der Waals surface area contributed by atoms with Crippen LogP contribution in [0.3, 0.4) is 0 Å². The van der Waals surface area contributed by atoms with Crippen molar-refractivity contribution < 1.29 is 13.9 Å². The lowest BCUT2D eigenvalue weighted by molar-refractivity contribution is 0.0418. The molecule has 2 aromatic rings. The minimum atomic E-state index is -1.16. The van der Waals surface area contributed by atoms with Gasteiger partial charge < -0.3 is 4.74 Å². The van der Waals surface area contributed by atoms with Crippen LogP contribution < -0.4 is 0 Å². The van der Waals surface area contributed by atoms with Gasteiger partial charge in [0, 0.05) is 11.1 Å². The molecule has 1 aromatic carbocycles. The first kappa shape index (κ1) is 12.5. The number of aromatic nitrogens is 1. The van der Waals surface area contributed by atoms with Crippen molar-refractivity contribution in [3.8, 4) is 0 Å². The summed E-state index contributed by atoms with van der Waals surface area (Å²) in [7, 11) is 0. The molecule has 1 unspecified atom stereocenters. The van der Waals surface area contributed by atoms with Gasteiger partial charge in [-0.05, 0) is 26.0 Å². The summed E-state index contributed by atoms with van der Waals surface area (Å²) in [6.45, 7) is 2.93. The number of para-hydroxylation sites is 1. The Morgan fingerprint density at radius 3 is 2.89 bits per heavy atom. The lowest BCUT2D eigenvalue weighted by Crippen LogP contribution is -2.13. The number of rotatable bonds is 3. The Balaban J connectivity index is 2.40. The fourth-order valence-corrected chi connectivity index (χ4v) is 1.74. The van der Waals surface area contributed by atoms with Gasteiger partial charge in [-0.3, -0.25) is 4.98 Å². The number of carbonyl (C=O) groups is 1. The number of hydrogen-bond donors (Lipinski definition) is 0. The number of nitrogens with zero attached hydrogens (tertiary/aromatic N) is 1. The molecule has 3 nitrogen and oxygen atoms in total. The first-order valence-corrected chi connectivity index (χ1v) is 5.75. The van der Waals surface area contributed by atoms with Crippen LogP contribution in [0.1, 0.15) is 23.0 Å². The molecule has 94 valence electrons. The number of halogens is 1. The second-order valence-corrected chi connectivity index (χ2v) is 4.21. The van der Waals surface area contributed by atoms with Crippen molar-refractivity contribution in [3.05, 3.63) is 41.6 Å². The monoisotopic (exact) mass is 247 g/mol. The minimum Gasteiger partial charge on any atom is -0.459 e. The van der Waals surface area contributed by atoms with E-state index in [1.165, 1.54) is 6.92 Å². The van der Waals surface area contributed by atoms with E-state index >= 15 is 0 Å². The van der Waals surface area contributed by atoms with E-state index in [4.69, 9.17) is 4.74 Å². The zero-order valence-electron chi connectivity index (χ0n) is 10.3. The lowest BCUT2D eigenvalue weighted by atomic mass is 10.1. The van der Waals surface area contributed by atoms with Gasteiger partial charge in [-0.1, -0.05) is 18.2 Å². The predicted octanol–water partition coefficient (Wildman–Crippen LogP) is 3.06. The molecule has 0 saturated heterocycles. The number of pyridine rings is 1. The molecule has 1 atom stereocenters. The molecule has 0 saturated carbocycles. The second-order valence-electron chi connectivity index (χ2n) is 4.21. The molecular weight excluding hydrogens is 233 g/mol. The highest BCUT2D eigenvalue weighted by Crippen LogP contribution is 2.19. The van der Waals surface area contributed by atoms with E-state index in [9.17, 15) is 9.18 Å². The minimum absolute atomic E-state index is 0.228. The predicted molar refractivity (Wildman–Crippen MR) is 67.3 cm³/mol. The molecule has 0 spiro atoms. The summed E-state index contributed by atoms with van der Waals surface area (Å²) in [5, 5.41) is 0.722. The van der Waals surface area contributed by atoms with Crippen molar-refractivity contribution in [1.82, 2.24) is 4.98 Å². The van der Waals surface area contributed by atoms with Crippen LogP contribution in [0.4, 0.5) is 4.39 Å². The molecule has 2 rings (SSSR count). The van der Waals surface area contributed by atoms with Gasteiger partial charge in [0.25, 0.3) is 0 Å². The third kappa shape index (κ3) is 2.64. The van der Waals surface area contributed by atoms with Crippen molar-refractivity contribution in [1.29, 1.82) is 0 Å². The first-order chi connectivity index (χ1) is 8.58. The molecule has 0 aliphatic heterocycles. The highest BCUT2D eigenvalue weighted by atomic mass is 19.1. The van der Waals surface area contributed by atoms with Gasteiger partial charge >= 0.3 is 5.97 Å². The molecule has 0 bridgehead atoms. The second kappa shape index (κ2) is 5.12. The molecule has 0 N–H and O–H groups in total. The first-order valence-electron chi connectivity index (χ1n) is 5.75. The fraction of sp³-hybridized carbons (Fsp3) is 0.286. The molecule has 1 heterocycles. The summed E-state index contributed by atoms with van der Waals surface area (Å²) in [6.07, 6.45) is -1.16. The van der Waals surface area contributed by atoms with Gasteiger partial charge in [-0.15, -0.1) is 0 Å². The number of esters is 1. The Morgan fingerprint density at radius 1 is 1.44 bits per heavy atom. The van der Waals surface area contributed by atoms with E-state index in [1.54, 1.807) is 19.1 Å². The van der Waals surface area contributed by atoms with Gasteiger partial charge in [-0.25, -0.2) is 9.18 Å². The van der Waals surface area contributed by atoms with Crippen molar-refractivity contribution in [3.63, 3.8) is 0 Å². The van der Waals surface area contributed by atoms with Crippen LogP contribution in [0.25, 0.3) is 10.9 Å². The van der Waals surface area contributed by atoms with E-state index in [1.807, 2.05) is 18.2 Å². The molecule has 0 fully saturated rings. The Morgan fingerprint density at radius 2 is 2.17 bits per heavy atom. The summed E-state index contributed by atoms with van der Waals surface area (Å²) in [4.78, 5) is 16.2. The Bertz CT molecular complexity index is 581. The van der Waals surface area contributed by atoms with Gasteiger partial charge in [0.1, 0.15) is 12.8 Å².